The summed E-state index contributed by atoms with van der Waals surface area (Å²) in [5.41, 5.74) is 6.46. The molecule has 9 nitrogen and oxygen atoms in total. The van der Waals surface area contributed by atoms with Crippen molar-refractivity contribution in [2.24, 2.45) is 4.99 Å². The number of ether oxygens (including phenoxy) is 2. The second-order valence-electron chi connectivity index (χ2n) is 5.04. The molecule has 0 amide bonds. The highest BCUT2D eigenvalue weighted by Crippen LogP contribution is 2.25. The number of H-pyrrole nitrogens is 1. The van der Waals surface area contributed by atoms with Crippen molar-refractivity contribution in [3.63, 3.8) is 0 Å². The summed E-state index contributed by atoms with van der Waals surface area (Å²) >= 11 is 0. The molecule has 1 aromatic heterocycles. The number of fused-ring (bicyclic) bond motifs is 1. The fourth-order valence-corrected chi connectivity index (χ4v) is 2.27. The molecule has 0 bridgehead atoms. The Morgan fingerprint density at radius 3 is 3.21 bits per heavy atom. The van der Waals surface area contributed by atoms with Crippen LogP contribution in [-0.4, -0.2) is 43.3 Å². The van der Waals surface area contributed by atoms with Crippen molar-refractivity contribution >= 4 is 29.4 Å². The highest BCUT2D eigenvalue weighted by Gasteiger charge is 2.23. The second-order valence-corrected chi connectivity index (χ2v) is 5.04. The van der Waals surface area contributed by atoms with Crippen molar-refractivity contribution in [1.29, 1.82) is 0 Å². The van der Waals surface area contributed by atoms with Gasteiger partial charge in [-0.05, 0) is 12.1 Å². The summed E-state index contributed by atoms with van der Waals surface area (Å²) in [5, 5.41) is 2.96. The Bertz CT molecular complexity index is 804. The number of aliphatic imine (C=N–C) groups is 1. The van der Waals surface area contributed by atoms with Gasteiger partial charge in [-0.1, -0.05) is 6.07 Å². The molecule has 9 heteroatoms. The molecular weight excluding hydrogens is 312 g/mol. The second kappa shape index (κ2) is 7.01. The molecule has 0 radical (unpaired) electrons. The van der Waals surface area contributed by atoms with Crippen LogP contribution in [-0.2, 0) is 4.74 Å². The fourth-order valence-electron chi connectivity index (χ4n) is 2.27. The van der Waals surface area contributed by atoms with Gasteiger partial charge in [0.05, 0.1) is 26.1 Å². The Kier molecular flexibility index (Phi) is 4.62. The van der Waals surface area contributed by atoms with E-state index in [0.29, 0.717) is 24.8 Å². The first-order chi connectivity index (χ1) is 11.7. The number of nitrogen functional groups attached to an aromatic ring is 1. The number of hydrogen-bond acceptors (Lipinski definition) is 8. The molecule has 1 aliphatic heterocycles. The van der Waals surface area contributed by atoms with Crippen LogP contribution >= 0.6 is 0 Å². The van der Waals surface area contributed by atoms with Crippen LogP contribution in [0.2, 0.25) is 0 Å². The van der Waals surface area contributed by atoms with Gasteiger partial charge in [-0.15, -0.1) is 0 Å². The molecule has 126 valence electrons. The summed E-state index contributed by atoms with van der Waals surface area (Å²) in [5.74, 6) is 1.31. The minimum atomic E-state index is -0.292. The molecule has 0 atom stereocenters. The number of nitrogens with zero attached hydrogens (tertiary/aromatic N) is 3. The molecule has 0 aliphatic carbocycles. The molecule has 2 heterocycles. The van der Waals surface area contributed by atoms with Crippen molar-refractivity contribution in [3.05, 3.63) is 34.6 Å². The van der Waals surface area contributed by atoms with Gasteiger partial charge in [0, 0.05) is 12.3 Å². The van der Waals surface area contributed by atoms with Crippen LogP contribution < -0.4 is 26.2 Å². The molecule has 1 aliphatic rings. The zero-order valence-electron chi connectivity index (χ0n) is 13.2. The highest BCUT2D eigenvalue weighted by atomic mass is 16.5. The maximum absolute atomic E-state index is 11.7. The molecule has 0 unspecified atom stereocenters. The maximum Gasteiger partial charge on any atom is 0.277 e. The quantitative estimate of drug-likeness (QED) is 0.532. The smallest absolute Gasteiger partial charge is 0.277 e. The molecule has 0 spiro atoms. The zero-order valence-corrected chi connectivity index (χ0v) is 13.2. The van der Waals surface area contributed by atoms with E-state index in [1.165, 1.54) is 0 Å². The Hall–Kier alpha value is -3.07. The summed E-state index contributed by atoms with van der Waals surface area (Å²) in [7, 11) is 1.61. The van der Waals surface area contributed by atoms with Gasteiger partial charge in [0.2, 0.25) is 5.95 Å². The lowest BCUT2D eigenvalue weighted by Gasteiger charge is -2.15. The van der Waals surface area contributed by atoms with E-state index in [1.807, 2.05) is 24.3 Å². The minimum absolute atomic E-state index is 0.0760. The lowest BCUT2D eigenvalue weighted by atomic mass is 10.3. The van der Waals surface area contributed by atoms with Gasteiger partial charge in [-0.25, -0.2) is 0 Å². The van der Waals surface area contributed by atoms with Crippen molar-refractivity contribution in [2.75, 3.05) is 43.1 Å². The standard InChI is InChI=1S/C15H18N6O3/c1-23-11-4-2-3-10(7-11)17-5-6-24-9-21-8-18-12-13(21)19-15(16)20-14(12)22/h2-5,7,18H,6,8-9H2,1H3,(H3,16,19,20,22). The van der Waals surface area contributed by atoms with E-state index in [4.69, 9.17) is 15.2 Å². The van der Waals surface area contributed by atoms with Gasteiger partial charge in [-0.2, -0.15) is 4.98 Å². The first kappa shape index (κ1) is 15.8. The van der Waals surface area contributed by atoms with Gasteiger partial charge in [0.25, 0.3) is 5.56 Å². The third kappa shape index (κ3) is 3.46. The van der Waals surface area contributed by atoms with Gasteiger partial charge < -0.3 is 25.4 Å². The molecule has 2 aromatic rings. The van der Waals surface area contributed by atoms with Gasteiger partial charge in [-0.3, -0.25) is 14.8 Å². The minimum Gasteiger partial charge on any atom is -0.497 e. The Balaban J connectivity index is 1.53. The molecule has 0 saturated heterocycles. The molecule has 0 fully saturated rings. The van der Waals surface area contributed by atoms with Gasteiger partial charge in [0.1, 0.15) is 18.2 Å². The molecule has 4 N–H and O–H groups in total. The van der Waals surface area contributed by atoms with Crippen LogP contribution in [0.4, 0.5) is 23.1 Å². The van der Waals surface area contributed by atoms with Crippen LogP contribution in [0.1, 0.15) is 0 Å². The Morgan fingerprint density at radius 1 is 1.50 bits per heavy atom. The third-order valence-electron chi connectivity index (χ3n) is 3.40. The summed E-state index contributed by atoms with van der Waals surface area (Å²) < 4.78 is 10.7. The first-order valence-electron chi connectivity index (χ1n) is 7.30. The largest absolute Gasteiger partial charge is 0.497 e. The maximum atomic E-state index is 11.7. The van der Waals surface area contributed by atoms with E-state index in [1.54, 1.807) is 18.2 Å². The number of hydrogen-bond donors (Lipinski definition) is 3. The topological polar surface area (TPSA) is 118 Å². The van der Waals surface area contributed by atoms with Crippen LogP contribution in [0.15, 0.2) is 34.1 Å². The first-order valence-corrected chi connectivity index (χ1v) is 7.30. The monoisotopic (exact) mass is 330 g/mol. The molecule has 1 aromatic carbocycles. The van der Waals surface area contributed by atoms with Gasteiger partial charge >= 0.3 is 0 Å². The normalized spacial score (nSPS) is 13.1. The fraction of sp³-hybridized carbons (Fsp3) is 0.267. The molecule has 24 heavy (non-hydrogen) atoms. The van der Waals surface area contributed by atoms with Crippen LogP contribution in [0, 0.1) is 0 Å². The van der Waals surface area contributed by atoms with E-state index in [0.717, 1.165) is 11.4 Å². The number of aromatic nitrogens is 2. The number of nitrogens with one attached hydrogen (secondary N) is 2. The average Bonchev–Trinajstić information content (AvgIpc) is 2.98. The van der Waals surface area contributed by atoms with E-state index in [-0.39, 0.29) is 18.2 Å². The number of rotatable bonds is 6. The van der Waals surface area contributed by atoms with Gasteiger partial charge in [0.15, 0.2) is 5.82 Å². The third-order valence-corrected chi connectivity index (χ3v) is 3.40. The predicted octanol–water partition coefficient (Wildman–Crippen LogP) is 0.927. The van der Waals surface area contributed by atoms with Crippen LogP contribution in [0.25, 0.3) is 0 Å². The summed E-state index contributed by atoms with van der Waals surface area (Å²) in [4.78, 5) is 24.4. The van der Waals surface area contributed by atoms with E-state index in [9.17, 15) is 4.79 Å². The van der Waals surface area contributed by atoms with E-state index < -0.39 is 0 Å². The number of nitrogens with two attached hydrogens (primary N) is 1. The highest BCUT2D eigenvalue weighted by molar-refractivity contribution is 5.70. The van der Waals surface area contributed by atoms with E-state index in [2.05, 4.69) is 20.3 Å². The lowest BCUT2D eigenvalue weighted by molar-refractivity contribution is 0.175. The van der Waals surface area contributed by atoms with Crippen LogP contribution in [0.5, 0.6) is 5.75 Å². The Labute approximate surface area is 138 Å². The molecule has 3 rings (SSSR count). The zero-order chi connectivity index (χ0) is 16.9. The number of benzene rings is 1. The summed E-state index contributed by atoms with van der Waals surface area (Å²) in [6.07, 6.45) is 1.67. The molecule has 0 saturated carbocycles. The number of aromatic amines is 1. The van der Waals surface area contributed by atoms with Crippen molar-refractivity contribution < 1.29 is 9.47 Å². The average molecular weight is 330 g/mol. The van der Waals surface area contributed by atoms with Crippen molar-refractivity contribution in [3.8, 4) is 5.75 Å². The van der Waals surface area contributed by atoms with Crippen molar-refractivity contribution in [2.45, 2.75) is 0 Å². The van der Waals surface area contributed by atoms with E-state index >= 15 is 0 Å². The number of anilines is 3. The SMILES string of the molecule is COc1cccc(N=CCOCN2CNc3c2nc(N)[nH]c3=O)c1. The summed E-state index contributed by atoms with van der Waals surface area (Å²) in [6, 6.07) is 7.43. The number of methoxy groups -OCH3 is 1. The predicted molar refractivity (Wildman–Crippen MR) is 92.2 cm³/mol. The molecular formula is C15H18N6O3. The summed E-state index contributed by atoms with van der Waals surface area (Å²) in [6.45, 7) is 1.02. The van der Waals surface area contributed by atoms with Crippen LogP contribution in [0.3, 0.4) is 0 Å². The lowest BCUT2D eigenvalue weighted by Crippen LogP contribution is -2.27. The Morgan fingerprint density at radius 2 is 2.38 bits per heavy atom. The van der Waals surface area contributed by atoms with Crippen molar-refractivity contribution in [1.82, 2.24) is 9.97 Å².